The molecule has 1 heterocycles. The highest BCUT2D eigenvalue weighted by atomic mass is 16.5. The van der Waals surface area contributed by atoms with E-state index in [1.807, 2.05) is 13.0 Å². The van der Waals surface area contributed by atoms with E-state index in [2.05, 4.69) is 27.0 Å². The van der Waals surface area contributed by atoms with Gasteiger partial charge in [0.25, 0.3) is 0 Å². The van der Waals surface area contributed by atoms with Crippen LogP contribution in [-0.2, 0) is 9.53 Å². The lowest BCUT2D eigenvalue weighted by Gasteiger charge is -2.31. The molecule has 2 nitrogen and oxygen atoms in total. The Bertz CT molecular complexity index is 440. The second kappa shape index (κ2) is 4.51. The fourth-order valence-electron chi connectivity index (χ4n) is 3.21. The van der Waals surface area contributed by atoms with Crippen LogP contribution in [0.2, 0.25) is 0 Å². The zero-order valence-electron chi connectivity index (χ0n) is 11.6. The fraction of sp³-hybridized carbons (Fsp3) is 0.562. The number of carbonyl (C=O) groups excluding carboxylic acids is 1. The Morgan fingerprint density at radius 1 is 1.56 bits per heavy atom. The highest BCUT2D eigenvalue weighted by Gasteiger charge is 2.47. The first-order valence-electron chi connectivity index (χ1n) is 6.54. The highest BCUT2D eigenvalue weighted by molar-refractivity contribution is 6.03. The van der Waals surface area contributed by atoms with Gasteiger partial charge in [0.05, 0.1) is 12.7 Å². The predicted molar refractivity (Wildman–Crippen MR) is 73.3 cm³/mol. The van der Waals surface area contributed by atoms with Gasteiger partial charge in [-0.3, -0.25) is 4.79 Å². The van der Waals surface area contributed by atoms with E-state index in [1.165, 1.54) is 5.57 Å². The van der Waals surface area contributed by atoms with Crippen molar-refractivity contribution in [3.8, 4) is 0 Å². The number of allylic oxidation sites excluding steroid dienone is 3. The summed E-state index contributed by atoms with van der Waals surface area (Å²) >= 11 is 0. The normalized spacial score (nSPS) is 27.6. The van der Waals surface area contributed by atoms with E-state index in [-0.39, 0.29) is 23.2 Å². The van der Waals surface area contributed by atoms with Crippen molar-refractivity contribution >= 4 is 5.78 Å². The van der Waals surface area contributed by atoms with Crippen molar-refractivity contribution in [2.75, 3.05) is 6.61 Å². The van der Waals surface area contributed by atoms with E-state index in [1.54, 1.807) is 0 Å². The van der Waals surface area contributed by atoms with Gasteiger partial charge in [0, 0.05) is 17.9 Å². The van der Waals surface area contributed by atoms with Crippen molar-refractivity contribution in [2.45, 2.75) is 39.7 Å². The Morgan fingerprint density at radius 3 is 2.78 bits per heavy atom. The molecule has 2 unspecified atom stereocenters. The first-order valence-corrected chi connectivity index (χ1v) is 6.54. The quantitative estimate of drug-likeness (QED) is 0.710. The van der Waals surface area contributed by atoms with Crippen LogP contribution < -0.4 is 0 Å². The monoisotopic (exact) mass is 246 g/mol. The molecule has 98 valence electrons. The average molecular weight is 246 g/mol. The summed E-state index contributed by atoms with van der Waals surface area (Å²) in [6.45, 7) is 14.7. The third-order valence-electron chi connectivity index (χ3n) is 3.99. The predicted octanol–water partition coefficient (Wildman–Crippen LogP) is 3.45. The van der Waals surface area contributed by atoms with Gasteiger partial charge >= 0.3 is 0 Å². The molecular weight excluding hydrogens is 224 g/mol. The average Bonchev–Trinajstić information content (AvgIpc) is 2.73. The number of fused-ring (bicyclic) bond motifs is 1. The number of hydrogen-bond donors (Lipinski definition) is 0. The molecule has 0 bridgehead atoms. The van der Waals surface area contributed by atoms with Crippen molar-refractivity contribution in [3.63, 3.8) is 0 Å². The van der Waals surface area contributed by atoms with Crippen LogP contribution in [0.1, 0.15) is 33.6 Å². The van der Waals surface area contributed by atoms with Crippen LogP contribution in [-0.4, -0.2) is 18.5 Å². The lowest BCUT2D eigenvalue weighted by Crippen LogP contribution is -2.30. The molecular formula is C16H22O2. The zero-order chi connectivity index (χ0) is 13.5. The lowest BCUT2D eigenvalue weighted by atomic mass is 9.77. The van der Waals surface area contributed by atoms with E-state index >= 15 is 0 Å². The molecule has 0 aromatic carbocycles. The number of carbonyl (C=O) groups is 1. The van der Waals surface area contributed by atoms with Crippen LogP contribution in [0.15, 0.2) is 36.0 Å². The number of hydrogen-bond acceptors (Lipinski definition) is 2. The molecule has 2 atom stereocenters. The van der Waals surface area contributed by atoms with Gasteiger partial charge in [-0.1, -0.05) is 26.5 Å². The van der Waals surface area contributed by atoms with Crippen molar-refractivity contribution in [3.05, 3.63) is 36.0 Å². The van der Waals surface area contributed by atoms with Crippen LogP contribution in [0.4, 0.5) is 0 Å². The SMILES string of the molecule is C=CCC(C)(C)C1OCC2CC(=O)C(C(=C)C)=C21. The van der Waals surface area contributed by atoms with E-state index in [0.29, 0.717) is 13.0 Å². The molecule has 0 aromatic rings. The smallest absolute Gasteiger partial charge is 0.163 e. The van der Waals surface area contributed by atoms with Gasteiger partial charge in [-0.2, -0.15) is 0 Å². The maximum Gasteiger partial charge on any atom is 0.163 e. The summed E-state index contributed by atoms with van der Waals surface area (Å²) in [6, 6.07) is 0. The van der Waals surface area contributed by atoms with Gasteiger partial charge < -0.3 is 4.74 Å². The van der Waals surface area contributed by atoms with Crippen LogP contribution in [0.25, 0.3) is 0 Å². The lowest BCUT2D eigenvalue weighted by molar-refractivity contribution is -0.115. The van der Waals surface area contributed by atoms with Crippen LogP contribution in [0.5, 0.6) is 0 Å². The Labute approximate surface area is 109 Å². The van der Waals surface area contributed by atoms with Crippen molar-refractivity contribution in [1.29, 1.82) is 0 Å². The highest BCUT2D eigenvalue weighted by Crippen LogP contribution is 2.47. The van der Waals surface area contributed by atoms with Crippen molar-refractivity contribution in [2.24, 2.45) is 11.3 Å². The van der Waals surface area contributed by atoms with E-state index in [4.69, 9.17) is 4.74 Å². The third kappa shape index (κ3) is 1.99. The molecule has 18 heavy (non-hydrogen) atoms. The summed E-state index contributed by atoms with van der Waals surface area (Å²) in [5.74, 6) is 0.517. The summed E-state index contributed by atoms with van der Waals surface area (Å²) in [5.41, 5.74) is 2.90. The first kappa shape index (κ1) is 13.3. The van der Waals surface area contributed by atoms with Crippen LogP contribution in [0, 0.1) is 11.3 Å². The summed E-state index contributed by atoms with van der Waals surface area (Å²) < 4.78 is 5.97. The Hall–Kier alpha value is -1.15. The molecule has 0 aromatic heterocycles. The molecule has 1 aliphatic heterocycles. The van der Waals surface area contributed by atoms with Gasteiger partial charge in [0.2, 0.25) is 0 Å². The third-order valence-corrected chi connectivity index (χ3v) is 3.99. The molecule has 0 N–H and O–H groups in total. The van der Waals surface area contributed by atoms with Crippen LogP contribution >= 0.6 is 0 Å². The number of ether oxygens (including phenoxy) is 1. The number of Topliss-reactive ketones (excluding diaryl/α,β-unsaturated/α-hetero) is 1. The van der Waals surface area contributed by atoms with Gasteiger partial charge in [0.15, 0.2) is 5.78 Å². The molecule has 1 saturated heterocycles. The Balaban J connectivity index is 2.43. The minimum atomic E-state index is -0.0167. The molecule has 1 fully saturated rings. The van der Waals surface area contributed by atoms with E-state index in [9.17, 15) is 4.79 Å². The molecule has 2 heteroatoms. The molecule has 0 radical (unpaired) electrons. The maximum absolute atomic E-state index is 12.1. The summed E-state index contributed by atoms with van der Waals surface area (Å²) in [6.07, 6.45) is 3.43. The van der Waals surface area contributed by atoms with Gasteiger partial charge in [-0.25, -0.2) is 0 Å². The topological polar surface area (TPSA) is 26.3 Å². The summed E-state index contributed by atoms with van der Waals surface area (Å²) in [7, 11) is 0. The largest absolute Gasteiger partial charge is 0.373 e. The Kier molecular flexibility index (Phi) is 3.33. The maximum atomic E-state index is 12.1. The molecule has 2 aliphatic rings. The zero-order valence-corrected chi connectivity index (χ0v) is 11.6. The second-order valence-corrected chi connectivity index (χ2v) is 6.13. The Morgan fingerprint density at radius 2 is 2.22 bits per heavy atom. The van der Waals surface area contributed by atoms with Gasteiger partial charge in [0.1, 0.15) is 0 Å². The van der Waals surface area contributed by atoms with Gasteiger partial charge in [-0.05, 0) is 29.9 Å². The number of rotatable bonds is 4. The molecule has 0 spiro atoms. The summed E-state index contributed by atoms with van der Waals surface area (Å²) in [5, 5.41) is 0. The summed E-state index contributed by atoms with van der Waals surface area (Å²) in [4.78, 5) is 12.1. The van der Waals surface area contributed by atoms with Crippen LogP contribution in [0.3, 0.4) is 0 Å². The first-order chi connectivity index (χ1) is 8.38. The molecule has 0 saturated carbocycles. The minimum Gasteiger partial charge on any atom is -0.373 e. The van der Waals surface area contributed by atoms with E-state index < -0.39 is 0 Å². The number of ketones is 1. The van der Waals surface area contributed by atoms with Crippen molar-refractivity contribution in [1.82, 2.24) is 0 Å². The fourth-order valence-corrected chi connectivity index (χ4v) is 3.21. The minimum absolute atomic E-state index is 0.0167. The second-order valence-electron chi connectivity index (χ2n) is 6.13. The van der Waals surface area contributed by atoms with E-state index in [0.717, 1.165) is 17.6 Å². The van der Waals surface area contributed by atoms with Crippen molar-refractivity contribution < 1.29 is 9.53 Å². The standard InChI is InChI=1S/C16H22O2/c1-6-7-16(4,5)15-14-11(9-18-15)8-12(17)13(14)10(2)3/h6,11,15H,1-2,7-9H2,3-5H3. The molecule has 0 amide bonds. The van der Waals surface area contributed by atoms with Gasteiger partial charge in [-0.15, -0.1) is 6.58 Å². The molecule has 1 aliphatic carbocycles. The molecule has 2 rings (SSSR count).